The van der Waals surface area contributed by atoms with Crippen LogP contribution in [-0.2, 0) is 10.0 Å². The van der Waals surface area contributed by atoms with E-state index in [-0.39, 0.29) is 15.5 Å². The number of amides is 1. The Labute approximate surface area is 139 Å². The largest absolute Gasteiger partial charge is 0.495 e. The van der Waals surface area contributed by atoms with Crippen LogP contribution >= 0.6 is 11.6 Å². The predicted octanol–water partition coefficient (Wildman–Crippen LogP) is 2.51. The lowest BCUT2D eigenvalue weighted by atomic mass is 10.2. The lowest BCUT2D eigenvalue weighted by Gasteiger charge is -2.11. The highest BCUT2D eigenvalue weighted by Gasteiger charge is 2.19. The summed E-state index contributed by atoms with van der Waals surface area (Å²) in [5.41, 5.74) is 0.641. The van der Waals surface area contributed by atoms with Gasteiger partial charge in [0.05, 0.1) is 17.8 Å². The van der Waals surface area contributed by atoms with Gasteiger partial charge in [0.2, 0.25) is 10.0 Å². The van der Waals surface area contributed by atoms with E-state index in [4.69, 9.17) is 16.3 Å². The maximum absolute atomic E-state index is 12.3. The second-order valence-corrected chi connectivity index (χ2v) is 6.77. The zero-order chi connectivity index (χ0) is 17.0. The van der Waals surface area contributed by atoms with Crippen molar-refractivity contribution < 1.29 is 17.9 Å². The van der Waals surface area contributed by atoms with Crippen molar-refractivity contribution in [3.05, 3.63) is 53.1 Å². The Balaban J connectivity index is 2.36. The van der Waals surface area contributed by atoms with Crippen LogP contribution in [0.25, 0.3) is 0 Å². The fourth-order valence-electron chi connectivity index (χ4n) is 1.90. The predicted molar refractivity (Wildman–Crippen MR) is 88.6 cm³/mol. The molecule has 0 aliphatic carbocycles. The minimum atomic E-state index is -3.76. The molecule has 0 aromatic heterocycles. The van der Waals surface area contributed by atoms with Crippen molar-refractivity contribution in [1.82, 2.24) is 4.72 Å². The second-order valence-electron chi connectivity index (χ2n) is 4.51. The smallest absolute Gasteiger partial charge is 0.255 e. The molecule has 8 heteroatoms. The minimum Gasteiger partial charge on any atom is -0.495 e. The van der Waals surface area contributed by atoms with Gasteiger partial charge in [-0.05, 0) is 37.4 Å². The quantitative estimate of drug-likeness (QED) is 0.864. The van der Waals surface area contributed by atoms with E-state index in [9.17, 15) is 13.2 Å². The molecular formula is C15H15ClN2O4S. The van der Waals surface area contributed by atoms with Gasteiger partial charge in [-0.1, -0.05) is 23.7 Å². The highest BCUT2D eigenvalue weighted by molar-refractivity contribution is 7.89. The molecule has 0 spiro atoms. The fraction of sp³-hybridized carbons (Fsp3) is 0.133. The SMILES string of the molecule is CNS(=O)(=O)c1cc(C(=O)Nc2ccccc2OC)ccc1Cl. The standard InChI is InChI=1S/C15H15ClN2O4S/c1-17-23(20,21)14-9-10(7-8-11(14)16)15(19)18-12-5-3-4-6-13(12)22-2/h3-9,17H,1-2H3,(H,18,19). The van der Waals surface area contributed by atoms with Gasteiger partial charge in [0.1, 0.15) is 10.6 Å². The van der Waals surface area contributed by atoms with E-state index in [2.05, 4.69) is 10.0 Å². The molecule has 0 unspecified atom stereocenters. The number of halogens is 1. The fourth-order valence-corrected chi connectivity index (χ4v) is 3.15. The molecule has 0 fully saturated rings. The summed E-state index contributed by atoms with van der Waals surface area (Å²) in [6.07, 6.45) is 0. The first kappa shape index (κ1) is 17.3. The lowest BCUT2D eigenvalue weighted by Crippen LogP contribution is -2.20. The van der Waals surface area contributed by atoms with Crippen LogP contribution in [0.5, 0.6) is 5.75 Å². The van der Waals surface area contributed by atoms with Crippen molar-refractivity contribution in [3.8, 4) is 5.75 Å². The van der Waals surface area contributed by atoms with E-state index >= 15 is 0 Å². The van der Waals surface area contributed by atoms with Crippen molar-refractivity contribution in [3.63, 3.8) is 0 Å². The summed E-state index contributed by atoms with van der Waals surface area (Å²) in [5, 5.41) is 2.71. The van der Waals surface area contributed by atoms with Gasteiger partial charge in [-0.2, -0.15) is 0 Å². The average Bonchev–Trinajstić information content (AvgIpc) is 2.55. The molecule has 0 radical (unpaired) electrons. The molecule has 0 aliphatic heterocycles. The van der Waals surface area contributed by atoms with Crippen molar-refractivity contribution in [1.29, 1.82) is 0 Å². The van der Waals surface area contributed by atoms with Crippen LogP contribution < -0.4 is 14.8 Å². The average molecular weight is 355 g/mol. The monoisotopic (exact) mass is 354 g/mol. The normalized spacial score (nSPS) is 11.1. The molecule has 0 aliphatic rings. The molecule has 0 saturated heterocycles. The first-order valence-electron chi connectivity index (χ1n) is 6.56. The van der Waals surface area contributed by atoms with Gasteiger partial charge in [0, 0.05) is 5.56 Å². The first-order valence-corrected chi connectivity index (χ1v) is 8.42. The summed E-state index contributed by atoms with van der Waals surface area (Å²) in [5.74, 6) is 0.0246. The van der Waals surface area contributed by atoms with Crippen LogP contribution in [0.2, 0.25) is 5.02 Å². The summed E-state index contributed by atoms with van der Waals surface area (Å²) in [4.78, 5) is 12.2. The van der Waals surface area contributed by atoms with E-state index in [1.54, 1.807) is 24.3 Å². The van der Waals surface area contributed by atoms with Crippen LogP contribution in [0, 0.1) is 0 Å². The van der Waals surface area contributed by atoms with Crippen molar-refractivity contribution in [2.45, 2.75) is 4.90 Å². The van der Waals surface area contributed by atoms with Crippen LogP contribution in [0.15, 0.2) is 47.4 Å². The number of benzene rings is 2. The number of para-hydroxylation sites is 2. The third-order valence-corrected chi connectivity index (χ3v) is 5.00. The number of methoxy groups -OCH3 is 1. The van der Waals surface area contributed by atoms with E-state index < -0.39 is 15.9 Å². The lowest BCUT2D eigenvalue weighted by molar-refractivity contribution is 0.102. The highest BCUT2D eigenvalue weighted by atomic mass is 35.5. The van der Waals surface area contributed by atoms with E-state index in [1.807, 2.05) is 0 Å². The van der Waals surface area contributed by atoms with Gasteiger partial charge >= 0.3 is 0 Å². The Morgan fingerprint density at radius 2 is 1.87 bits per heavy atom. The number of hydrogen-bond acceptors (Lipinski definition) is 4. The van der Waals surface area contributed by atoms with Gasteiger partial charge in [0.25, 0.3) is 5.91 Å². The number of nitrogens with one attached hydrogen (secondary N) is 2. The molecule has 122 valence electrons. The number of carbonyl (C=O) groups is 1. The molecule has 2 aromatic carbocycles. The Bertz CT molecular complexity index is 837. The van der Waals surface area contributed by atoms with Crippen molar-refractivity contribution >= 4 is 33.2 Å². The topological polar surface area (TPSA) is 84.5 Å². The van der Waals surface area contributed by atoms with Crippen LogP contribution in [0.1, 0.15) is 10.4 Å². The number of hydrogen-bond donors (Lipinski definition) is 2. The molecule has 2 N–H and O–H groups in total. The molecule has 0 heterocycles. The van der Waals surface area contributed by atoms with Crippen LogP contribution in [0.3, 0.4) is 0 Å². The van der Waals surface area contributed by atoms with Crippen LogP contribution in [-0.4, -0.2) is 28.5 Å². The molecule has 2 aromatic rings. The third kappa shape index (κ3) is 3.82. The van der Waals surface area contributed by atoms with Crippen LogP contribution in [0.4, 0.5) is 5.69 Å². The zero-order valence-corrected chi connectivity index (χ0v) is 14.0. The van der Waals surface area contributed by atoms with Gasteiger partial charge in [-0.15, -0.1) is 0 Å². The third-order valence-electron chi connectivity index (χ3n) is 3.11. The Hall–Kier alpha value is -2.09. The summed E-state index contributed by atoms with van der Waals surface area (Å²) >= 11 is 5.90. The number of anilines is 1. The molecule has 0 saturated carbocycles. The maximum atomic E-state index is 12.3. The second kappa shape index (κ2) is 6.99. The first-order chi connectivity index (χ1) is 10.9. The Morgan fingerprint density at radius 3 is 2.52 bits per heavy atom. The summed E-state index contributed by atoms with van der Waals surface area (Å²) in [6, 6.07) is 10.9. The Kier molecular flexibility index (Phi) is 5.25. The van der Waals surface area contributed by atoms with E-state index in [0.717, 1.165) is 0 Å². The molecule has 23 heavy (non-hydrogen) atoms. The van der Waals surface area contributed by atoms with Gasteiger partial charge in [-0.3, -0.25) is 4.79 Å². The highest BCUT2D eigenvalue weighted by Crippen LogP contribution is 2.26. The number of rotatable bonds is 5. The summed E-state index contributed by atoms with van der Waals surface area (Å²) in [7, 11) is -0.995. The minimum absolute atomic E-state index is 0.0354. The number of ether oxygens (including phenoxy) is 1. The summed E-state index contributed by atoms with van der Waals surface area (Å²) < 4.78 is 31.1. The van der Waals surface area contributed by atoms with Crippen molar-refractivity contribution in [2.24, 2.45) is 0 Å². The van der Waals surface area contributed by atoms with Gasteiger partial charge in [0.15, 0.2) is 0 Å². The molecule has 2 rings (SSSR count). The molecule has 0 bridgehead atoms. The maximum Gasteiger partial charge on any atom is 0.255 e. The zero-order valence-electron chi connectivity index (χ0n) is 12.5. The van der Waals surface area contributed by atoms with E-state index in [1.165, 1.54) is 32.4 Å². The molecule has 0 atom stereocenters. The molecular weight excluding hydrogens is 340 g/mol. The van der Waals surface area contributed by atoms with Crippen molar-refractivity contribution in [2.75, 3.05) is 19.5 Å². The Morgan fingerprint density at radius 1 is 1.17 bits per heavy atom. The molecule has 1 amide bonds. The van der Waals surface area contributed by atoms with Gasteiger partial charge < -0.3 is 10.1 Å². The molecule has 6 nitrogen and oxygen atoms in total. The van der Waals surface area contributed by atoms with E-state index in [0.29, 0.717) is 11.4 Å². The summed E-state index contributed by atoms with van der Waals surface area (Å²) in [6.45, 7) is 0. The number of carbonyl (C=O) groups excluding carboxylic acids is 1. The number of sulfonamides is 1. The van der Waals surface area contributed by atoms with Gasteiger partial charge in [-0.25, -0.2) is 13.1 Å².